The maximum atomic E-state index is 6.26. The minimum atomic E-state index is 0.0749. The second kappa shape index (κ2) is 27.5. The molecule has 2 unspecified atom stereocenters. The molecular weight excluding hydrogens is 420 g/mol. The fourth-order valence-electron chi connectivity index (χ4n) is 4.51. The summed E-state index contributed by atoms with van der Waals surface area (Å²) in [5, 5.41) is 0. The highest BCUT2D eigenvalue weighted by Gasteiger charge is 2.14. The van der Waals surface area contributed by atoms with Crippen molar-refractivity contribution in [1.82, 2.24) is 0 Å². The van der Waals surface area contributed by atoms with E-state index in [9.17, 15) is 0 Å². The van der Waals surface area contributed by atoms with Gasteiger partial charge in [-0.15, -0.1) is 0 Å². The van der Waals surface area contributed by atoms with Crippen LogP contribution < -0.4 is 0 Å². The Kier molecular flexibility index (Phi) is 27.4. The van der Waals surface area contributed by atoms with Gasteiger partial charge in [-0.1, -0.05) is 131 Å². The maximum absolute atomic E-state index is 6.26. The van der Waals surface area contributed by atoms with Crippen LogP contribution in [-0.2, 0) is 14.2 Å². The van der Waals surface area contributed by atoms with Crippen LogP contribution in [0.1, 0.15) is 150 Å². The molecule has 0 aliphatic rings. The Morgan fingerprint density at radius 1 is 0.441 bits per heavy atom. The van der Waals surface area contributed by atoms with E-state index in [4.69, 9.17) is 14.2 Å². The van der Waals surface area contributed by atoms with Crippen molar-refractivity contribution in [1.29, 1.82) is 0 Å². The van der Waals surface area contributed by atoms with Crippen LogP contribution in [-0.4, -0.2) is 39.1 Å². The molecule has 2 atom stereocenters. The second-order valence-corrected chi connectivity index (χ2v) is 10.6. The van der Waals surface area contributed by atoms with Crippen LogP contribution in [0.5, 0.6) is 0 Å². The largest absolute Gasteiger partial charge is 0.378 e. The van der Waals surface area contributed by atoms with E-state index in [0.29, 0.717) is 25.0 Å². The Labute approximate surface area is 215 Å². The summed E-state index contributed by atoms with van der Waals surface area (Å²) >= 11 is 0. The third kappa shape index (κ3) is 22.4. The summed E-state index contributed by atoms with van der Waals surface area (Å²) in [5.41, 5.74) is 0. The number of hydrogen-bond acceptors (Lipinski definition) is 3. The Balaban J connectivity index is 4.16. The molecule has 0 aromatic heterocycles. The molecule has 0 rings (SSSR count). The van der Waals surface area contributed by atoms with Crippen LogP contribution in [0.2, 0.25) is 0 Å². The van der Waals surface area contributed by atoms with Gasteiger partial charge in [-0.25, -0.2) is 0 Å². The Hall–Kier alpha value is -0.120. The van der Waals surface area contributed by atoms with E-state index >= 15 is 0 Å². The molecule has 0 saturated heterocycles. The number of rotatable bonds is 28. The molecule has 0 bridgehead atoms. The van der Waals surface area contributed by atoms with Crippen LogP contribution in [0.3, 0.4) is 0 Å². The van der Waals surface area contributed by atoms with Gasteiger partial charge in [0.2, 0.25) is 0 Å². The highest BCUT2D eigenvalue weighted by molar-refractivity contribution is 4.62. The SMILES string of the molecule is CCCCCCCCCCCCOC(COCC(CC)CCCC)COCC(CC)CCCC. The van der Waals surface area contributed by atoms with E-state index in [1.54, 1.807) is 0 Å². The van der Waals surface area contributed by atoms with E-state index in [0.717, 1.165) is 26.2 Å². The summed E-state index contributed by atoms with van der Waals surface area (Å²) in [7, 11) is 0. The lowest BCUT2D eigenvalue weighted by Gasteiger charge is -2.22. The zero-order chi connectivity index (χ0) is 25.1. The second-order valence-electron chi connectivity index (χ2n) is 10.6. The molecule has 0 heterocycles. The van der Waals surface area contributed by atoms with Gasteiger partial charge < -0.3 is 14.2 Å². The monoisotopic (exact) mass is 484 g/mol. The van der Waals surface area contributed by atoms with Gasteiger partial charge in [0.25, 0.3) is 0 Å². The van der Waals surface area contributed by atoms with E-state index < -0.39 is 0 Å². The summed E-state index contributed by atoms with van der Waals surface area (Å²) < 4.78 is 18.5. The molecule has 34 heavy (non-hydrogen) atoms. The number of hydrogen-bond donors (Lipinski definition) is 0. The molecule has 0 aromatic carbocycles. The number of unbranched alkanes of at least 4 members (excludes halogenated alkanes) is 11. The van der Waals surface area contributed by atoms with Gasteiger partial charge in [-0.2, -0.15) is 0 Å². The molecule has 0 aliphatic carbocycles. The first-order chi connectivity index (χ1) is 16.7. The Bertz CT molecular complexity index is 352. The quantitative estimate of drug-likeness (QED) is 0.103. The van der Waals surface area contributed by atoms with Crippen molar-refractivity contribution in [2.45, 2.75) is 156 Å². The predicted octanol–water partition coefficient (Wildman–Crippen LogP) is 9.76. The fourth-order valence-corrected chi connectivity index (χ4v) is 4.51. The van der Waals surface area contributed by atoms with E-state index in [1.165, 1.54) is 109 Å². The van der Waals surface area contributed by atoms with Crippen LogP contribution in [0, 0.1) is 11.8 Å². The molecule has 0 radical (unpaired) electrons. The first kappa shape index (κ1) is 33.9. The average molecular weight is 485 g/mol. The van der Waals surface area contributed by atoms with Crippen molar-refractivity contribution in [3.8, 4) is 0 Å². The molecular formula is C31H64O3. The molecule has 0 amide bonds. The van der Waals surface area contributed by atoms with Gasteiger partial charge in [0, 0.05) is 19.8 Å². The molecule has 0 N–H and O–H groups in total. The lowest BCUT2D eigenvalue weighted by Crippen LogP contribution is -2.28. The fraction of sp³-hybridized carbons (Fsp3) is 1.00. The predicted molar refractivity (Wildman–Crippen MR) is 150 cm³/mol. The minimum Gasteiger partial charge on any atom is -0.378 e. The zero-order valence-electron chi connectivity index (χ0n) is 24.2. The molecule has 0 aromatic rings. The minimum absolute atomic E-state index is 0.0749. The molecule has 0 spiro atoms. The number of ether oxygens (including phenoxy) is 3. The van der Waals surface area contributed by atoms with Crippen molar-refractivity contribution < 1.29 is 14.2 Å². The summed E-state index contributed by atoms with van der Waals surface area (Å²) in [6.45, 7) is 15.3. The van der Waals surface area contributed by atoms with Gasteiger partial charge in [0.15, 0.2) is 0 Å². The van der Waals surface area contributed by atoms with Crippen molar-refractivity contribution in [3.63, 3.8) is 0 Å². The van der Waals surface area contributed by atoms with Crippen molar-refractivity contribution in [2.24, 2.45) is 11.8 Å². The Morgan fingerprint density at radius 2 is 0.853 bits per heavy atom. The standard InChI is InChI=1S/C31H64O3/c1-6-11-14-15-16-17-18-19-20-21-24-34-31(27-32-25-29(9-4)22-12-7-2)28-33-26-30(10-5)23-13-8-3/h29-31H,6-28H2,1-5H3. The summed E-state index contributed by atoms with van der Waals surface area (Å²) in [4.78, 5) is 0. The van der Waals surface area contributed by atoms with Gasteiger partial charge in [-0.3, -0.25) is 0 Å². The zero-order valence-corrected chi connectivity index (χ0v) is 24.2. The summed E-state index contributed by atoms with van der Waals surface area (Å²) in [6.07, 6.45) is 23.8. The third-order valence-electron chi connectivity index (χ3n) is 7.25. The maximum Gasteiger partial charge on any atom is 0.104 e. The molecule has 3 nitrogen and oxygen atoms in total. The van der Waals surface area contributed by atoms with Crippen molar-refractivity contribution in [3.05, 3.63) is 0 Å². The highest BCUT2D eigenvalue weighted by Crippen LogP contribution is 2.15. The van der Waals surface area contributed by atoms with Crippen molar-refractivity contribution in [2.75, 3.05) is 33.0 Å². The Morgan fingerprint density at radius 3 is 1.26 bits per heavy atom. The van der Waals surface area contributed by atoms with E-state index in [-0.39, 0.29) is 6.10 Å². The third-order valence-corrected chi connectivity index (χ3v) is 7.25. The van der Waals surface area contributed by atoms with Crippen LogP contribution in [0.4, 0.5) is 0 Å². The first-order valence-electron chi connectivity index (χ1n) is 15.5. The van der Waals surface area contributed by atoms with Crippen LogP contribution >= 0.6 is 0 Å². The van der Waals surface area contributed by atoms with Gasteiger partial charge in [0.1, 0.15) is 6.10 Å². The molecule has 206 valence electrons. The average Bonchev–Trinajstić information content (AvgIpc) is 2.86. The smallest absolute Gasteiger partial charge is 0.104 e. The van der Waals surface area contributed by atoms with E-state index in [2.05, 4.69) is 34.6 Å². The highest BCUT2D eigenvalue weighted by atomic mass is 16.6. The lowest BCUT2D eigenvalue weighted by molar-refractivity contribution is -0.0706. The molecule has 3 heteroatoms. The molecule has 0 fully saturated rings. The lowest BCUT2D eigenvalue weighted by atomic mass is 10.0. The van der Waals surface area contributed by atoms with E-state index in [1.807, 2.05) is 0 Å². The normalized spacial score (nSPS) is 14.4. The topological polar surface area (TPSA) is 27.7 Å². The van der Waals surface area contributed by atoms with Crippen LogP contribution in [0.25, 0.3) is 0 Å². The first-order valence-corrected chi connectivity index (χ1v) is 15.5. The van der Waals surface area contributed by atoms with Gasteiger partial charge >= 0.3 is 0 Å². The molecule has 0 saturated carbocycles. The van der Waals surface area contributed by atoms with Crippen molar-refractivity contribution >= 4 is 0 Å². The summed E-state index contributed by atoms with van der Waals surface area (Å²) in [5.74, 6) is 1.36. The molecule has 0 aliphatic heterocycles. The van der Waals surface area contributed by atoms with Gasteiger partial charge in [0.05, 0.1) is 13.2 Å². The van der Waals surface area contributed by atoms with Gasteiger partial charge in [-0.05, 0) is 31.1 Å². The summed E-state index contributed by atoms with van der Waals surface area (Å²) in [6, 6.07) is 0. The van der Waals surface area contributed by atoms with Crippen LogP contribution in [0.15, 0.2) is 0 Å².